The zero-order valence-corrected chi connectivity index (χ0v) is 15.2. The molecule has 0 radical (unpaired) electrons. The maximum Gasteiger partial charge on any atom is 0.336 e. The van der Waals surface area contributed by atoms with Gasteiger partial charge in [0.15, 0.2) is 0 Å². The van der Waals surface area contributed by atoms with E-state index in [1.165, 1.54) is 12.1 Å². The van der Waals surface area contributed by atoms with Crippen LogP contribution in [0, 0.1) is 22.7 Å². The zero-order chi connectivity index (χ0) is 21.2. The Labute approximate surface area is 168 Å². The Morgan fingerprint density at radius 3 is 1.20 bits per heavy atom. The molecule has 0 saturated carbocycles. The monoisotopic (exact) mass is 390 g/mol. The molecule has 0 amide bonds. The molecule has 30 heavy (non-hydrogen) atoms. The molecule has 0 unspecified atom stereocenters. The second-order valence-corrected chi connectivity index (χ2v) is 6.98. The molecule has 0 fully saturated rings. The third-order valence-electron chi connectivity index (χ3n) is 5.60. The molecule has 0 aromatic heterocycles. The quantitative estimate of drug-likeness (QED) is 0.327. The predicted octanol–water partition coefficient (Wildman–Crippen LogP) is 4.88. The number of benzene rings is 5. The fourth-order valence-corrected chi connectivity index (χ4v) is 4.43. The van der Waals surface area contributed by atoms with Crippen molar-refractivity contribution >= 4 is 55.0 Å². The summed E-state index contributed by atoms with van der Waals surface area (Å²) in [6.07, 6.45) is 0. The summed E-state index contributed by atoms with van der Waals surface area (Å²) in [4.78, 5) is 23.7. The maximum absolute atomic E-state index is 11.8. The first kappa shape index (κ1) is 17.4. The maximum atomic E-state index is 11.8. The highest BCUT2D eigenvalue weighted by Crippen LogP contribution is 2.43. The molecule has 6 heteroatoms. The third kappa shape index (κ3) is 2.05. The minimum Gasteiger partial charge on any atom is -0.478 e. The summed E-state index contributed by atoms with van der Waals surface area (Å²) in [5.41, 5.74) is 0.567. The lowest BCUT2D eigenvalue weighted by Gasteiger charge is -2.17. The van der Waals surface area contributed by atoms with Crippen LogP contribution < -0.4 is 0 Å². The smallest absolute Gasteiger partial charge is 0.336 e. The first-order valence-corrected chi connectivity index (χ1v) is 8.95. The summed E-state index contributed by atoms with van der Waals surface area (Å²) in [5, 5.41) is 43.3. The lowest BCUT2D eigenvalue weighted by Crippen LogP contribution is -2.02. The highest BCUT2D eigenvalue weighted by Gasteiger charge is 2.22. The minimum absolute atomic E-state index is 0.0302. The topological polar surface area (TPSA) is 122 Å². The van der Waals surface area contributed by atoms with Gasteiger partial charge in [-0.3, -0.25) is 0 Å². The van der Waals surface area contributed by atoms with E-state index in [9.17, 15) is 30.3 Å². The summed E-state index contributed by atoms with van der Waals surface area (Å²) in [6, 6.07) is 17.0. The number of carboxylic acid groups (broad SMARTS) is 2. The van der Waals surface area contributed by atoms with Gasteiger partial charge in [0, 0.05) is 10.8 Å². The van der Waals surface area contributed by atoms with Crippen LogP contribution in [0.2, 0.25) is 0 Å². The average molecular weight is 390 g/mol. The third-order valence-corrected chi connectivity index (χ3v) is 5.60. The van der Waals surface area contributed by atoms with Crippen molar-refractivity contribution in [2.24, 2.45) is 0 Å². The first-order chi connectivity index (χ1) is 14.5. The second kappa shape index (κ2) is 5.91. The molecule has 2 N–H and O–H groups in total. The van der Waals surface area contributed by atoms with E-state index in [0.29, 0.717) is 43.1 Å². The molecule has 6 nitrogen and oxygen atoms in total. The molecular weight excluding hydrogens is 380 g/mol. The van der Waals surface area contributed by atoms with Crippen molar-refractivity contribution in [2.45, 2.75) is 0 Å². The van der Waals surface area contributed by atoms with Gasteiger partial charge < -0.3 is 10.2 Å². The van der Waals surface area contributed by atoms with Crippen LogP contribution in [0.4, 0.5) is 0 Å². The van der Waals surface area contributed by atoms with E-state index in [4.69, 9.17) is 0 Å². The van der Waals surface area contributed by atoms with Crippen LogP contribution in [0.5, 0.6) is 0 Å². The van der Waals surface area contributed by atoms with Crippen LogP contribution in [-0.4, -0.2) is 22.2 Å². The molecule has 0 atom stereocenters. The average Bonchev–Trinajstić information content (AvgIpc) is 2.75. The van der Waals surface area contributed by atoms with E-state index in [1.54, 1.807) is 36.4 Å². The summed E-state index contributed by atoms with van der Waals surface area (Å²) in [6.45, 7) is 0. The molecule has 0 bridgehead atoms. The Hall–Kier alpha value is -4.68. The summed E-state index contributed by atoms with van der Waals surface area (Å²) in [5.74, 6) is -2.26. The van der Waals surface area contributed by atoms with Crippen molar-refractivity contribution in [3.8, 4) is 12.1 Å². The molecule has 0 aliphatic heterocycles. The van der Waals surface area contributed by atoms with Crippen molar-refractivity contribution in [3.63, 3.8) is 0 Å². The van der Waals surface area contributed by atoms with Gasteiger partial charge in [0.2, 0.25) is 0 Å². The standard InChI is InChI=1S/C24H10N2O4/c25-9-11-1-3-13-14-4-2-12(10-26)20-18(24(29)30)8-6-16(22(14)20)15-5-7-17(23(27)28)19(11)21(13)15/h1-8H,(H,27,28)(H,29,30). The van der Waals surface area contributed by atoms with Crippen molar-refractivity contribution in [1.82, 2.24) is 0 Å². The fraction of sp³-hybridized carbons (Fsp3) is 0. The van der Waals surface area contributed by atoms with Gasteiger partial charge in [0.25, 0.3) is 0 Å². The minimum atomic E-state index is -1.13. The van der Waals surface area contributed by atoms with E-state index in [2.05, 4.69) is 12.1 Å². The number of carbonyl (C=O) groups is 2. The van der Waals surface area contributed by atoms with Gasteiger partial charge in [-0.25, -0.2) is 9.59 Å². The molecule has 0 aliphatic rings. The van der Waals surface area contributed by atoms with E-state index >= 15 is 0 Å². The number of hydrogen-bond donors (Lipinski definition) is 2. The normalized spacial score (nSPS) is 11.1. The van der Waals surface area contributed by atoms with E-state index in [-0.39, 0.29) is 22.3 Å². The van der Waals surface area contributed by atoms with Crippen LogP contribution in [0.15, 0.2) is 48.5 Å². The summed E-state index contributed by atoms with van der Waals surface area (Å²) >= 11 is 0. The van der Waals surface area contributed by atoms with Crippen molar-refractivity contribution in [3.05, 3.63) is 70.8 Å². The van der Waals surface area contributed by atoms with Crippen LogP contribution in [0.1, 0.15) is 31.8 Å². The molecule has 0 spiro atoms. The first-order valence-electron chi connectivity index (χ1n) is 8.95. The number of fused-ring (bicyclic) bond motifs is 2. The number of hydrogen-bond acceptors (Lipinski definition) is 4. The Morgan fingerprint density at radius 1 is 0.567 bits per heavy atom. The Kier molecular flexibility index (Phi) is 3.43. The molecule has 5 aromatic rings. The van der Waals surface area contributed by atoms with Crippen LogP contribution in [-0.2, 0) is 0 Å². The molecule has 5 rings (SSSR count). The molecule has 0 heterocycles. The van der Waals surface area contributed by atoms with E-state index < -0.39 is 11.9 Å². The molecule has 0 aliphatic carbocycles. The van der Waals surface area contributed by atoms with Crippen LogP contribution >= 0.6 is 0 Å². The molecular formula is C24H10N2O4. The van der Waals surface area contributed by atoms with Gasteiger partial charge in [-0.15, -0.1) is 0 Å². The fourth-order valence-electron chi connectivity index (χ4n) is 4.43. The SMILES string of the molecule is N#Cc1ccc2c3ccc(C#N)c4c(C(=O)O)ccc(c5ccc(C(=O)O)c1c25)c43. The number of rotatable bonds is 2. The molecule has 140 valence electrons. The van der Waals surface area contributed by atoms with Crippen molar-refractivity contribution in [1.29, 1.82) is 10.5 Å². The van der Waals surface area contributed by atoms with Gasteiger partial charge in [0.1, 0.15) is 0 Å². The number of aromatic carboxylic acids is 2. The van der Waals surface area contributed by atoms with Gasteiger partial charge in [-0.1, -0.05) is 24.3 Å². The molecule has 0 saturated heterocycles. The lowest BCUT2D eigenvalue weighted by atomic mass is 9.84. The summed E-state index contributed by atoms with van der Waals surface area (Å²) in [7, 11) is 0. The zero-order valence-electron chi connectivity index (χ0n) is 15.2. The highest BCUT2D eigenvalue weighted by molar-refractivity contribution is 6.36. The Bertz CT molecular complexity index is 1520. The van der Waals surface area contributed by atoms with E-state index in [1.807, 2.05) is 0 Å². The van der Waals surface area contributed by atoms with E-state index in [0.717, 1.165) is 0 Å². The van der Waals surface area contributed by atoms with Crippen molar-refractivity contribution < 1.29 is 19.8 Å². The van der Waals surface area contributed by atoms with Crippen LogP contribution in [0.25, 0.3) is 43.1 Å². The molecule has 5 aromatic carbocycles. The lowest BCUT2D eigenvalue weighted by molar-refractivity contribution is 0.0688. The van der Waals surface area contributed by atoms with Crippen LogP contribution in [0.3, 0.4) is 0 Å². The Balaban J connectivity index is 2.19. The predicted molar refractivity (Wildman–Crippen MR) is 111 cm³/mol. The van der Waals surface area contributed by atoms with Crippen molar-refractivity contribution in [2.75, 3.05) is 0 Å². The number of carboxylic acids is 2. The van der Waals surface area contributed by atoms with Gasteiger partial charge in [0.05, 0.1) is 34.4 Å². The number of nitrogens with zero attached hydrogens (tertiary/aromatic N) is 2. The highest BCUT2D eigenvalue weighted by atomic mass is 16.4. The Morgan fingerprint density at radius 2 is 0.900 bits per heavy atom. The number of nitriles is 2. The largest absolute Gasteiger partial charge is 0.478 e. The second-order valence-electron chi connectivity index (χ2n) is 6.98. The van der Waals surface area contributed by atoms with Gasteiger partial charge >= 0.3 is 11.9 Å². The van der Waals surface area contributed by atoms with Gasteiger partial charge in [-0.05, 0) is 56.6 Å². The summed E-state index contributed by atoms with van der Waals surface area (Å²) < 4.78 is 0. The van der Waals surface area contributed by atoms with Gasteiger partial charge in [-0.2, -0.15) is 10.5 Å².